The molecule has 5 nitrogen and oxygen atoms in total. The molecule has 1 aromatic carbocycles. The van der Waals surface area contributed by atoms with E-state index in [2.05, 4.69) is 10.2 Å². The Labute approximate surface area is 119 Å². The van der Waals surface area contributed by atoms with Gasteiger partial charge in [0.2, 0.25) is 0 Å². The van der Waals surface area contributed by atoms with E-state index in [1.54, 1.807) is 12.1 Å². The van der Waals surface area contributed by atoms with Crippen molar-refractivity contribution in [3.63, 3.8) is 0 Å². The molecule has 1 N–H and O–H groups in total. The average Bonchev–Trinajstić information content (AvgIpc) is 3.17. The van der Waals surface area contributed by atoms with Gasteiger partial charge in [-0.1, -0.05) is 12.1 Å². The molecule has 1 aromatic rings. The first-order chi connectivity index (χ1) is 9.72. The molecule has 3 rings (SSSR count). The highest BCUT2D eigenvalue weighted by atomic mass is 16.6. The van der Waals surface area contributed by atoms with Crippen molar-refractivity contribution in [3.05, 3.63) is 39.9 Å². The minimum Gasteiger partial charge on any atom is -0.313 e. The predicted octanol–water partition coefficient (Wildman–Crippen LogP) is 2.31. The predicted molar refractivity (Wildman–Crippen MR) is 77.6 cm³/mol. The Morgan fingerprint density at radius 1 is 1.25 bits per heavy atom. The van der Waals surface area contributed by atoms with Gasteiger partial charge in [0.05, 0.1) is 4.92 Å². The maximum atomic E-state index is 10.7. The highest BCUT2D eigenvalue weighted by molar-refractivity contribution is 5.32. The Morgan fingerprint density at radius 3 is 2.55 bits per heavy atom. The summed E-state index contributed by atoms with van der Waals surface area (Å²) in [5.74, 6) is 0. The van der Waals surface area contributed by atoms with E-state index in [9.17, 15) is 10.1 Å². The van der Waals surface area contributed by atoms with Gasteiger partial charge in [-0.05, 0) is 37.8 Å². The third-order valence-electron chi connectivity index (χ3n) is 4.21. The Balaban J connectivity index is 1.61. The van der Waals surface area contributed by atoms with Crippen LogP contribution in [-0.2, 0) is 6.54 Å². The highest BCUT2D eigenvalue weighted by Gasteiger charge is 2.31. The summed E-state index contributed by atoms with van der Waals surface area (Å²) in [4.78, 5) is 12.9. The van der Waals surface area contributed by atoms with Gasteiger partial charge >= 0.3 is 0 Å². The molecule has 0 aromatic heterocycles. The van der Waals surface area contributed by atoms with Gasteiger partial charge in [-0.3, -0.25) is 15.0 Å². The van der Waals surface area contributed by atoms with Gasteiger partial charge in [0.25, 0.3) is 5.69 Å². The van der Waals surface area contributed by atoms with Crippen LogP contribution < -0.4 is 5.32 Å². The first-order valence-corrected chi connectivity index (χ1v) is 7.43. The van der Waals surface area contributed by atoms with Crippen LogP contribution in [-0.4, -0.2) is 35.0 Å². The second-order valence-electron chi connectivity index (χ2n) is 5.88. The van der Waals surface area contributed by atoms with Crippen molar-refractivity contribution in [3.8, 4) is 0 Å². The number of nitrogens with one attached hydrogen (secondary N) is 1. The summed E-state index contributed by atoms with van der Waals surface area (Å²) in [6.45, 7) is 3.14. The maximum absolute atomic E-state index is 10.7. The molecule has 5 heteroatoms. The van der Waals surface area contributed by atoms with Crippen molar-refractivity contribution in [1.29, 1.82) is 0 Å². The molecular formula is C15H21N3O2. The standard InChI is InChI=1S/C15H21N3O2/c19-18(20)15-5-3-12(4-6-15)10-17(14-7-8-14)11-13-2-1-9-16-13/h3-6,13-14,16H,1-2,7-11H2. The van der Waals surface area contributed by atoms with Crippen molar-refractivity contribution in [1.82, 2.24) is 10.2 Å². The Morgan fingerprint density at radius 2 is 2.00 bits per heavy atom. The molecule has 1 unspecified atom stereocenters. The van der Waals surface area contributed by atoms with Gasteiger partial charge in [-0.15, -0.1) is 0 Å². The zero-order valence-corrected chi connectivity index (χ0v) is 11.6. The van der Waals surface area contributed by atoms with Crippen LogP contribution in [0, 0.1) is 10.1 Å². The Bertz CT molecular complexity index is 465. The second-order valence-corrected chi connectivity index (χ2v) is 5.88. The quantitative estimate of drug-likeness (QED) is 0.639. The van der Waals surface area contributed by atoms with Crippen LogP contribution in [0.4, 0.5) is 5.69 Å². The van der Waals surface area contributed by atoms with Gasteiger partial charge in [-0.2, -0.15) is 0 Å². The fourth-order valence-electron chi connectivity index (χ4n) is 2.94. The van der Waals surface area contributed by atoms with E-state index in [0.717, 1.165) is 19.6 Å². The number of rotatable bonds is 6. The van der Waals surface area contributed by atoms with Crippen LogP contribution >= 0.6 is 0 Å². The molecule has 20 heavy (non-hydrogen) atoms. The van der Waals surface area contributed by atoms with Gasteiger partial charge in [0.1, 0.15) is 0 Å². The van der Waals surface area contributed by atoms with Crippen LogP contribution in [0.25, 0.3) is 0 Å². The summed E-state index contributed by atoms with van der Waals surface area (Å²) in [7, 11) is 0. The highest BCUT2D eigenvalue weighted by Crippen LogP contribution is 2.29. The molecule has 108 valence electrons. The van der Waals surface area contributed by atoms with E-state index in [1.807, 2.05) is 12.1 Å². The lowest BCUT2D eigenvalue weighted by molar-refractivity contribution is -0.384. The van der Waals surface area contributed by atoms with Crippen LogP contribution in [0.1, 0.15) is 31.2 Å². The second kappa shape index (κ2) is 5.89. The molecule has 1 saturated heterocycles. The minimum atomic E-state index is -0.342. The number of nitro groups is 1. The summed E-state index contributed by atoms with van der Waals surface area (Å²) >= 11 is 0. The number of non-ortho nitro benzene ring substituents is 1. The molecule has 0 bridgehead atoms. The number of benzene rings is 1. The number of nitrogens with zero attached hydrogens (tertiary/aromatic N) is 2. The zero-order valence-electron chi connectivity index (χ0n) is 11.6. The molecule has 2 aliphatic rings. The number of hydrogen-bond donors (Lipinski definition) is 1. The number of hydrogen-bond acceptors (Lipinski definition) is 4. The summed E-state index contributed by atoms with van der Waals surface area (Å²) in [6.07, 6.45) is 5.13. The molecule has 1 heterocycles. The first-order valence-electron chi connectivity index (χ1n) is 7.43. The molecule has 0 radical (unpaired) electrons. The van der Waals surface area contributed by atoms with Crippen LogP contribution in [0.3, 0.4) is 0 Å². The lowest BCUT2D eigenvalue weighted by Crippen LogP contribution is -2.38. The van der Waals surface area contributed by atoms with Crippen LogP contribution in [0.5, 0.6) is 0 Å². The van der Waals surface area contributed by atoms with Crippen molar-refractivity contribution < 1.29 is 4.92 Å². The van der Waals surface area contributed by atoms with Crippen molar-refractivity contribution in [2.75, 3.05) is 13.1 Å². The first kappa shape index (κ1) is 13.5. The van der Waals surface area contributed by atoms with Crippen molar-refractivity contribution in [2.45, 2.75) is 44.3 Å². The lowest BCUT2D eigenvalue weighted by atomic mass is 10.1. The topological polar surface area (TPSA) is 58.4 Å². The fourth-order valence-corrected chi connectivity index (χ4v) is 2.94. The Hall–Kier alpha value is -1.46. The average molecular weight is 275 g/mol. The molecule has 1 aliphatic heterocycles. The summed E-state index contributed by atoms with van der Waals surface area (Å²) in [5, 5.41) is 14.2. The molecular weight excluding hydrogens is 254 g/mol. The zero-order chi connectivity index (χ0) is 13.9. The summed E-state index contributed by atoms with van der Waals surface area (Å²) < 4.78 is 0. The van der Waals surface area contributed by atoms with Crippen LogP contribution in [0.2, 0.25) is 0 Å². The van der Waals surface area contributed by atoms with Gasteiger partial charge < -0.3 is 5.32 Å². The SMILES string of the molecule is O=[N+]([O-])c1ccc(CN(CC2CCCN2)C2CC2)cc1. The maximum Gasteiger partial charge on any atom is 0.269 e. The van der Waals surface area contributed by atoms with E-state index in [-0.39, 0.29) is 10.6 Å². The van der Waals surface area contributed by atoms with Gasteiger partial charge in [0, 0.05) is 37.3 Å². The third kappa shape index (κ3) is 3.35. The molecule has 1 saturated carbocycles. The largest absolute Gasteiger partial charge is 0.313 e. The van der Waals surface area contributed by atoms with E-state index in [0.29, 0.717) is 12.1 Å². The normalized spacial score (nSPS) is 22.4. The molecule has 0 spiro atoms. The third-order valence-corrected chi connectivity index (χ3v) is 4.21. The Kier molecular flexibility index (Phi) is 3.98. The van der Waals surface area contributed by atoms with E-state index in [1.165, 1.54) is 31.2 Å². The van der Waals surface area contributed by atoms with E-state index >= 15 is 0 Å². The lowest BCUT2D eigenvalue weighted by Gasteiger charge is -2.25. The van der Waals surface area contributed by atoms with Gasteiger partial charge in [0.15, 0.2) is 0 Å². The van der Waals surface area contributed by atoms with Crippen molar-refractivity contribution >= 4 is 5.69 Å². The van der Waals surface area contributed by atoms with Crippen LogP contribution in [0.15, 0.2) is 24.3 Å². The monoisotopic (exact) mass is 275 g/mol. The number of nitro benzene ring substituents is 1. The van der Waals surface area contributed by atoms with E-state index < -0.39 is 0 Å². The van der Waals surface area contributed by atoms with Gasteiger partial charge in [-0.25, -0.2) is 0 Å². The summed E-state index contributed by atoms with van der Waals surface area (Å²) in [6, 6.07) is 8.31. The molecule has 0 amide bonds. The minimum absolute atomic E-state index is 0.171. The van der Waals surface area contributed by atoms with Crippen molar-refractivity contribution in [2.24, 2.45) is 0 Å². The smallest absolute Gasteiger partial charge is 0.269 e. The molecule has 1 atom stereocenters. The molecule has 1 aliphatic carbocycles. The summed E-state index contributed by atoms with van der Waals surface area (Å²) in [5.41, 5.74) is 1.34. The van der Waals surface area contributed by atoms with E-state index in [4.69, 9.17) is 0 Å². The molecule has 2 fully saturated rings. The fraction of sp³-hybridized carbons (Fsp3) is 0.600.